The van der Waals surface area contributed by atoms with Gasteiger partial charge in [0.1, 0.15) is 45.3 Å². The quantitative estimate of drug-likeness (QED) is 0.0755. The first-order valence-electron chi connectivity index (χ1n) is 15.7. The summed E-state index contributed by atoms with van der Waals surface area (Å²) in [6.45, 7) is 6.76. The van der Waals surface area contributed by atoms with E-state index >= 15 is 0 Å². The van der Waals surface area contributed by atoms with Crippen LogP contribution in [0.15, 0.2) is 97.1 Å². The second-order valence-corrected chi connectivity index (χ2v) is 9.91. The van der Waals surface area contributed by atoms with E-state index in [1.807, 2.05) is 13.8 Å². The maximum absolute atomic E-state index is 11.4. The van der Waals surface area contributed by atoms with E-state index in [9.17, 15) is 34.5 Å². The lowest BCUT2D eigenvalue weighted by atomic mass is 10.2. The molecule has 0 amide bonds. The predicted octanol–water partition coefficient (Wildman–Crippen LogP) is 7.06. The van der Waals surface area contributed by atoms with E-state index in [0.717, 1.165) is 19.3 Å². The van der Waals surface area contributed by atoms with Gasteiger partial charge in [0.25, 0.3) is 0 Å². The van der Waals surface area contributed by atoms with Crippen LogP contribution in [-0.2, 0) is 18.9 Å². The van der Waals surface area contributed by atoms with E-state index in [1.165, 1.54) is 49.6 Å². The van der Waals surface area contributed by atoms with Crippen LogP contribution in [0.1, 0.15) is 81.5 Å². The molecule has 0 fully saturated rings. The molecule has 4 aromatic rings. The van der Waals surface area contributed by atoms with Crippen molar-refractivity contribution >= 4 is 23.9 Å². The Labute approximate surface area is 291 Å². The zero-order chi connectivity index (χ0) is 37.3. The van der Waals surface area contributed by atoms with Gasteiger partial charge in [-0.15, -0.1) is 0 Å². The number of hydrogen-bond acceptors (Lipinski definition) is 12. The van der Waals surface area contributed by atoms with Crippen molar-refractivity contribution in [2.45, 2.75) is 40.0 Å². The van der Waals surface area contributed by atoms with Crippen molar-refractivity contribution in [3.05, 3.63) is 119 Å². The molecule has 0 radical (unpaired) electrons. The lowest BCUT2D eigenvalue weighted by molar-refractivity contribution is 0.0489. The highest BCUT2D eigenvalue weighted by atomic mass is 16.5. The zero-order valence-corrected chi connectivity index (χ0v) is 28.5. The van der Waals surface area contributed by atoms with Crippen LogP contribution in [0, 0.1) is 0 Å². The normalized spacial score (nSPS) is 9.52. The summed E-state index contributed by atoms with van der Waals surface area (Å²) in [6.07, 6.45) is 2.60. The first kappa shape index (κ1) is 42.0. The Morgan fingerprint density at radius 2 is 0.780 bits per heavy atom. The van der Waals surface area contributed by atoms with Crippen LogP contribution in [0.5, 0.6) is 23.0 Å². The first-order chi connectivity index (χ1) is 24.0. The summed E-state index contributed by atoms with van der Waals surface area (Å²) in [7, 11) is 1.27. The van der Waals surface area contributed by atoms with Gasteiger partial charge in [-0.25, -0.2) is 19.2 Å². The minimum absolute atomic E-state index is 0.0333. The highest BCUT2D eigenvalue weighted by Gasteiger charge is 2.12. The van der Waals surface area contributed by atoms with Crippen LogP contribution in [0.25, 0.3) is 0 Å². The van der Waals surface area contributed by atoms with Crippen molar-refractivity contribution in [3.8, 4) is 23.0 Å². The molecule has 0 aliphatic rings. The van der Waals surface area contributed by atoms with Crippen molar-refractivity contribution in [2.75, 3.05) is 26.9 Å². The van der Waals surface area contributed by atoms with Crippen LogP contribution >= 0.6 is 0 Å². The van der Waals surface area contributed by atoms with Crippen molar-refractivity contribution < 1.29 is 58.6 Å². The van der Waals surface area contributed by atoms with Gasteiger partial charge in [-0.3, -0.25) is 0 Å². The molecule has 4 aromatic carbocycles. The fourth-order valence-corrected chi connectivity index (χ4v) is 3.56. The number of ether oxygens (including phenoxy) is 4. The Bertz CT molecular complexity index is 1630. The molecule has 0 aliphatic heterocycles. The summed E-state index contributed by atoms with van der Waals surface area (Å²) in [5.74, 6) is -2.12. The van der Waals surface area contributed by atoms with Gasteiger partial charge in [-0.05, 0) is 68.3 Å². The number of para-hydroxylation sites is 4. The summed E-state index contributed by atoms with van der Waals surface area (Å²) in [5.41, 5.74) is 0.842. The molecule has 0 bridgehead atoms. The number of carbonyl (C=O) groups is 4. The van der Waals surface area contributed by atoms with Crippen molar-refractivity contribution in [1.82, 2.24) is 0 Å². The summed E-state index contributed by atoms with van der Waals surface area (Å²) in [4.78, 5) is 44.5. The Hall–Kier alpha value is -6.04. The number of carbonyl (C=O) groups excluding carboxylic acids is 4. The van der Waals surface area contributed by atoms with Gasteiger partial charge < -0.3 is 39.4 Å². The number of methoxy groups -OCH3 is 1. The number of phenols is 4. The molecule has 4 rings (SSSR count). The van der Waals surface area contributed by atoms with E-state index < -0.39 is 23.9 Å². The average molecular weight is 693 g/mol. The van der Waals surface area contributed by atoms with Gasteiger partial charge in [0.2, 0.25) is 0 Å². The highest BCUT2D eigenvalue weighted by molar-refractivity contribution is 5.93. The number of hydrogen-bond donors (Lipinski definition) is 4. The molecule has 0 heterocycles. The fraction of sp³-hybridized carbons (Fsp3) is 0.263. The van der Waals surface area contributed by atoms with Gasteiger partial charge in [0, 0.05) is 0 Å². The second-order valence-electron chi connectivity index (χ2n) is 9.91. The van der Waals surface area contributed by atoms with Crippen LogP contribution in [0.4, 0.5) is 0 Å². The van der Waals surface area contributed by atoms with Crippen LogP contribution < -0.4 is 0 Å². The first-order valence-corrected chi connectivity index (χ1v) is 15.7. The topological polar surface area (TPSA) is 186 Å². The highest BCUT2D eigenvalue weighted by Crippen LogP contribution is 2.18. The molecule has 268 valence electrons. The number of rotatable bonds is 10. The molecule has 0 unspecified atom stereocenters. The van der Waals surface area contributed by atoms with Crippen LogP contribution in [0.3, 0.4) is 0 Å². The van der Waals surface area contributed by atoms with E-state index in [2.05, 4.69) is 4.74 Å². The van der Waals surface area contributed by atoms with Gasteiger partial charge >= 0.3 is 23.9 Å². The standard InChI is InChI=1S/C11H14O3.C10H12O3.C9H10O3.C8H8O3/c1-2-3-8-14-11(13)9-6-4-5-7-10(9)12;1-2-7-13-10(12)8-5-3-4-6-9(8)11;1-2-12-9(11)7-5-3-4-6-8(7)10;1-11-8(10)6-4-2-3-5-7(6)9/h4-7,12H,2-3,8H2,1H3;3-6,11H,2,7H2,1H3;3-6,10H,2H2,1H3;2-5,9H,1H3. The van der Waals surface area contributed by atoms with E-state index in [0.29, 0.717) is 19.8 Å². The molecule has 50 heavy (non-hydrogen) atoms. The molecule has 0 atom stereocenters. The third-order valence-electron chi connectivity index (χ3n) is 6.13. The Balaban J connectivity index is 0.000000335. The minimum Gasteiger partial charge on any atom is -0.507 e. The largest absolute Gasteiger partial charge is 0.507 e. The monoisotopic (exact) mass is 692 g/mol. The number of esters is 4. The molecule has 4 N–H and O–H groups in total. The second kappa shape index (κ2) is 24.2. The molecule has 0 saturated carbocycles. The number of aromatic hydroxyl groups is 4. The smallest absolute Gasteiger partial charge is 0.341 e. The summed E-state index contributed by atoms with van der Waals surface area (Å²) in [5, 5.41) is 36.9. The number of benzene rings is 4. The SMILES string of the molecule is CCCCOC(=O)c1ccccc1O.CCCOC(=O)c1ccccc1O.CCOC(=O)c1ccccc1O.COC(=O)c1ccccc1O. The summed E-state index contributed by atoms with van der Waals surface area (Å²) in [6, 6.07) is 25.2. The molecule has 0 saturated heterocycles. The lowest BCUT2D eigenvalue weighted by Gasteiger charge is -2.04. The Kier molecular flexibility index (Phi) is 20.3. The summed E-state index contributed by atoms with van der Waals surface area (Å²) >= 11 is 0. The maximum atomic E-state index is 11.4. The van der Waals surface area contributed by atoms with Gasteiger partial charge in [0.05, 0.1) is 26.9 Å². The number of phenolic OH excluding ortho intramolecular Hbond substituents is 4. The molecule has 0 spiro atoms. The number of unbranched alkanes of at least 4 members (excludes halogenated alkanes) is 1. The van der Waals surface area contributed by atoms with Crippen LogP contribution in [0.2, 0.25) is 0 Å². The predicted molar refractivity (Wildman–Crippen MR) is 185 cm³/mol. The Morgan fingerprint density at radius 3 is 1.08 bits per heavy atom. The average Bonchev–Trinajstić information content (AvgIpc) is 3.12. The third-order valence-corrected chi connectivity index (χ3v) is 6.13. The summed E-state index contributed by atoms with van der Waals surface area (Å²) < 4.78 is 18.9. The Morgan fingerprint density at radius 1 is 0.460 bits per heavy atom. The lowest BCUT2D eigenvalue weighted by Crippen LogP contribution is -2.06. The fourth-order valence-electron chi connectivity index (χ4n) is 3.56. The van der Waals surface area contributed by atoms with Crippen molar-refractivity contribution in [2.24, 2.45) is 0 Å². The van der Waals surface area contributed by atoms with Gasteiger partial charge in [-0.2, -0.15) is 0 Å². The molecular weight excluding hydrogens is 648 g/mol. The van der Waals surface area contributed by atoms with Crippen LogP contribution in [-0.4, -0.2) is 71.2 Å². The minimum atomic E-state index is -0.525. The molecular formula is C38H44O12. The maximum Gasteiger partial charge on any atom is 0.341 e. The van der Waals surface area contributed by atoms with E-state index in [-0.39, 0.29) is 45.3 Å². The third kappa shape index (κ3) is 15.2. The van der Waals surface area contributed by atoms with Gasteiger partial charge in [-0.1, -0.05) is 68.8 Å². The molecule has 12 nitrogen and oxygen atoms in total. The van der Waals surface area contributed by atoms with Crippen molar-refractivity contribution in [1.29, 1.82) is 0 Å². The zero-order valence-electron chi connectivity index (χ0n) is 28.5. The molecule has 0 aliphatic carbocycles. The van der Waals surface area contributed by atoms with Crippen molar-refractivity contribution in [3.63, 3.8) is 0 Å². The van der Waals surface area contributed by atoms with E-state index in [4.69, 9.17) is 19.3 Å². The van der Waals surface area contributed by atoms with E-state index in [1.54, 1.807) is 61.5 Å². The van der Waals surface area contributed by atoms with Gasteiger partial charge in [0.15, 0.2) is 0 Å². The molecule has 0 aromatic heterocycles. The molecule has 12 heteroatoms.